The molecule has 0 aromatic rings. The van der Waals surface area contributed by atoms with Crippen LogP contribution in [0.4, 0.5) is 0 Å². The third-order valence-corrected chi connectivity index (χ3v) is 3.41. The highest BCUT2D eigenvalue weighted by Crippen LogP contribution is 2.11. The Kier molecular flexibility index (Phi) is 6.29. The molecule has 0 amide bonds. The quantitative estimate of drug-likeness (QED) is 0.315. The zero-order chi connectivity index (χ0) is 12.7. The Balaban J connectivity index is 2.49. The average molecular weight is 242 g/mol. The summed E-state index contributed by atoms with van der Waals surface area (Å²) in [7, 11) is 0. The molecule has 1 aliphatic rings. The lowest BCUT2D eigenvalue weighted by molar-refractivity contribution is 0.113. The van der Waals surface area contributed by atoms with Gasteiger partial charge in [-0.05, 0) is 19.4 Å². The van der Waals surface area contributed by atoms with E-state index in [0.29, 0.717) is 5.84 Å². The summed E-state index contributed by atoms with van der Waals surface area (Å²) in [4.78, 5) is 4.82. The third-order valence-electron chi connectivity index (χ3n) is 3.41. The Morgan fingerprint density at radius 2 is 1.88 bits per heavy atom. The van der Waals surface area contributed by atoms with Gasteiger partial charge in [-0.1, -0.05) is 25.4 Å². The van der Waals surface area contributed by atoms with E-state index in [0.717, 1.165) is 39.0 Å². The summed E-state index contributed by atoms with van der Waals surface area (Å²) in [6.07, 6.45) is 3.22. The summed E-state index contributed by atoms with van der Waals surface area (Å²) in [6.45, 7) is 9.73. The summed E-state index contributed by atoms with van der Waals surface area (Å²) < 4.78 is 0. The van der Waals surface area contributed by atoms with Crippen molar-refractivity contribution in [1.29, 1.82) is 0 Å². The molecule has 0 saturated carbocycles. The van der Waals surface area contributed by atoms with Gasteiger partial charge in [-0.2, -0.15) is 0 Å². The maximum atomic E-state index is 8.82. The van der Waals surface area contributed by atoms with Crippen LogP contribution < -0.4 is 5.73 Å². The van der Waals surface area contributed by atoms with Gasteiger partial charge in [0.1, 0.15) is 0 Å². The van der Waals surface area contributed by atoms with Gasteiger partial charge >= 0.3 is 0 Å². The van der Waals surface area contributed by atoms with Crippen LogP contribution in [0.15, 0.2) is 5.16 Å². The number of hydrogen-bond acceptors (Lipinski definition) is 4. The highest BCUT2D eigenvalue weighted by Gasteiger charge is 2.25. The number of oxime groups is 1. The van der Waals surface area contributed by atoms with Crippen LogP contribution in [0.25, 0.3) is 0 Å². The van der Waals surface area contributed by atoms with Gasteiger partial charge in [0.05, 0.1) is 6.04 Å². The van der Waals surface area contributed by atoms with Crippen LogP contribution in [-0.4, -0.2) is 59.6 Å². The highest BCUT2D eigenvalue weighted by atomic mass is 16.4. The molecule has 0 aromatic heterocycles. The first-order valence-electron chi connectivity index (χ1n) is 6.66. The van der Waals surface area contributed by atoms with Crippen molar-refractivity contribution in [2.24, 2.45) is 10.9 Å². The normalized spacial score (nSPS) is 21.6. The molecule has 1 atom stereocenters. The number of rotatable bonds is 6. The molecule has 1 heterocycles. The van der Waals surface area contributed by atoms with Crippen LogP contribution in [0.2, 0.25) is 0 Å². The predicted molar refractivity (Wildman–Crippen MR) is 70.4 cm³/mol. The average Bonchev–Trinajstić information content (AvgIpc) is 2.37. The lowest BCUT2D eigenvalue weighted by Crippen LogP contribution is -2.54. The molecular weight excluding hydrogens is 216 g/mol. The second kappa shape index (κ2) is 7.50. The molecule has 100 valence electrons. The molecule has 17 heavy (non-hydrogen) atoms. The van der Waals surface area contributed by atoms with Gasteiger partial charge in [0, 0.05) is 26.2 Å². The zero-order valence-corrected chi connectivity index (χ0v) is 11.1. The first-order valence-corrected chi connectivity index (χ1v) is 6.66. The van der Waals surface area contributed by atoms with Crippen LogP contribution in [0.3, 0.4) is 0 Å². The molecule has 3 N–H and O–H groups in total. The second-order valence-electron chi connectivity index (χ2n) is 4.71. The largest absolute Gasteiger partial charge is 0.409 e. The van der Waals surface area contributed by atoms with E-state index in [1.54, 1.807) is 0 Å². The molecule has 1 saturated heterocycles. The third kappa shape index (κ3) is 4.16. The molecule has 1 aliphatic heterocycles. The lowest BCUT2D eigenvalue weighted by atomic mass is 10.1. The molecule has 0 spiro atoms. The highest BCUT2D eigenvalue weighted by molar-refractivity contribution is 5.85. The minimum absolute atomic E-state index is 0.105. The van der Waals surface area contributed by atoms with E-state index in [1.807, 2.05) is 0 Å². The van der Waals surface area contributed by atoms with Crippen LogP contribution in [-0.2, 0) is 0 Å². The Labute approximate surface area is 104 Å². The summed E-state index contributed by atoms with van der Waals surface area (Å²) in [5, 5.41) is 12.0. The number of amidine groups is 1. The van der Waals surface area contributed by atoms with E-state index in [4.69, 9.17) is 10.9 Å². The van der Waals surface area contributed by atoms with Crippen molar-refractivity contribution in [3.05, 3.63) is 0 Å². The van der Waals surface area contributed by atoms with E-state index in [9.17, 15) is 0 Å². The lowest BCUT2D eigenvalue weighted by Gasteiger charge is -2.38. The minimum Gasteiger partial charge on any atom is -0.409 e. The number of hydrogen-bond donors (Lipinski definition) is 2. The fourth-order valence-corrected chi connectivity index (χ4v) is 2.47. The molecule has 0 aromatic carbocycles. The van der Waals surface area contributed by atoms with Crippen molar-refractivity contribution in [2.45, 2.75) is 39.2 Å². The van der Waals surface area contributed by atoms with Gasteiger partial charge in [0.15, 0.2) is 5.84 Å². The zero-order valence-electron chi connectivity index (χ0n) is 11.1. The molecule has 1 fully saturated rings. The molecule has 5 heteroatoms. The molecule has 0 radical (unpaired) electrons. The molecule has 1 unspecified atom stereocenters. The maximum Gasteiger partial charge on any atom is 0.156 e. The van der Waals surface area contributed by atoms with Crippen molar-refractivity contribution >= 4 is 5.84 Å². The van der Waals surface area contributed by atoms with Crippen LogP contribution in [0.5, 0.6) is 0 Å². The van der Waals surface area contributed by atoms with Crippen molar-refractivity contribution in [1.82, 2.24) is 9.80 Å². The topological polar surface area (TPSA) is 65.1 Å². The molecular formula is C12H26N4O. The number of nitrogens with two attached hydrogens (primary N) is 1. The number of piperazine rings is 1. The van der Waals surface area contributed by atoms with Crippen molar-refractivity contribution in [3.63, 3.8) is 0 Å². The van der Waals surface area contributed by atoms with Gasteiger partial charge in [0.25, 0.3) is 0 Å². The second-order valence-corrected chi connectivity index (χ2v) is 4.71. The summed E-state index contributed by atoms with van der Waals surface area (Å²) in [6, 6.07) is 0.105. The van der Waals surface area contributed by atoms with E-state index in [2.05, 4.69) is 28.8 Å². The van der Waals surface area contributed by atoms with E-state index in [-0.39, 0.29) is 6.04 Å². The monoisotopic (exact) mass is 242 g/mol. The van der Waals surface area contributed by atoms with Crippen molar-refractivity contribution < 1.29 is 5.21 Å². The van der Waals surface area contributed by atoms with E-state index < -0.39 is 0 Å². The molecule has 0 aliphatic carbocycles. The van der Waals surface area contributed by atoms with Crippen molar-refractivity contribution in [2.75, 3.05) is 32.7 Å². The van der Waals surface area contributed by atoms with E-state index in [1.165, 1.54) is 13.0 Å². The SMILES string of the molecule is CCCC(C(N)=NO)N1CCN(CCC)CC1. The van der Waals surface area contributed by atoms with Gasteiger partial charge in [-0.25, -0.2) is 0 Å². The Hall–Kier alpha value is -0.810. The summed E-state index contributed by atoms with van der Waals surface area (Å²) >= 11 is 0. The van der Waals surface area contributed by atoms with Gasteiger partial charge in [-0.15, -0.1) is 0 Å². The fraction of sp³-hybridized carbons (Fsp3) is 0.917. The fourth-order valence-electron chi connectivity index (χ4n) is 2.47. The Bertz CT molecular complexity index is 237. The van der Waals surface area contributed by atoms with Gasteiger partial charge in [0.2, 0.25) is 0 Å². The molecule has 5 nitrogen and oxygen atoms in total. The first kappa shape index (κ1) is 14.3. The van der Waals surface area contributed by atoms with Crippen LogP contribution in [0.1, 0.15) is 33.1 Å². The standard InChI is InChI=1S/C12H26N4O/c1-3-5-11(12(13)14-17)16-9-7-15(6-4-2)8-10-16/h11,17H,3-10H2,1-2H3,(H2,13,14). The first-order chi connectivity index (χ1) is 8.22. The van der Waals surface area contributed by atoms with Crippen molar-refractivity contribution in [3.8, 4) is 0 Å². The Morgan fingerprint density at radius 3 is 2.35 bits per heavy atom. The van der Waals surface area contributed by atoms with E-state index >= 15 is 0 Å². The summed E-state index contributed by atoms with van der Waals surface area (Å²) in [5.74, 6) is 0.357. The smallest absolute Gasteiger partial charge is 0.156 e. The van der Waals surface area contributed by atoms with Crippen LogP contribution in [0, 0.1) is 0 Å². The van der Waals surface area contributed by atoms with Crippen LogP contribution >= 0.6 is 0 Å². The van der Waals surface area contributed by atoms with Gasteiger partial charge < -0.3 is 15.8 Å². The summed E-state index contributed by atoms with van der Waals surface area (Å²) in [5.41, 5.74) is 5.77. The molecule has 0 bridgehead atoms. The molecule has 1 rings (SSSR count). The predicted octanol–water partition coefficient (Wildman–Crippen LogP) is 0.929. The van der Waals surface area contributed by atoms with Gasteiger partial charge in [-0.3, -0.25) is 4.90 Å². The Morgan fingerprint density at radius 1 is 1.24 bits per heavy atom. The maximum absolute atomic E-state index is 8.82. The minimum atomic E-state index is 0.105. The number of nitrogens with zero attached hydrogens (tertiary/aromatic N) is 3.